The second-order valence-corrected chi connectivity index (χ2v) is 10.7. The van der Waals surface area contributed by atoms with Gasteiger partial charge in [-0.15, -0.1) is 0 Å². The Morgan fingerprint density at radius 2 is 1.94 bits per heavy atom. The predicted molar refractivity (Wildman–Crippen MR) is 140 cm³/mol. The lowest BCUT2D eigenvalue weighted by atomic mass is 9.73. The molecule has 4 N–H and O–H groups in total. The van der Waals surface area contributed by atoms with E-state index in [0.717, 1.165) is 70.6 Å². The van der Waals surface area contributed by atoms with Crippen molar-refractivity contribution in [2.24, 2.45) is 11.1 Å². The fraction of sp³-hybridized carbons (Fsp3) is 0.320. The van der Waals surface area contributed by atoms with E-state index < -0.39 is 0 Å². The molecule has 5 heterocycles. The molecule has 1 aliphatic carbocycles. The highest BCUT2D eigenvalue weighted by Gasteiger charge is 2.47. The third kappa shape index (κ3) is 3.99. The molecule has 0 radical (unpaired) electrons. The van der Waals surface area contributed by atoms with Gasteiger partial charge in [0.1, 0.15) is 27.9 Å². The molecule has 1 fully saturated rings. The van der Waals surface area contributed by atoms with Gasteiger partial charge in [0.2, 0.25) is 0 Å². The molecule has 1 saturated heterocycles. The average Bonchev–Trinajstić information content (AvgIpc) is 3.17. The molecule has 11 heteroatoms. The van der Waals surface area contributed by atoms with Gasteiger partial charge in [0, 0.05) is 35.9 Å². The number of nitrogens with zero attached hydrogens (tertiary/aromatic N) is 6. The Morgan fingerprint density at radius 1 is 1.11 bits per heavy atom. The average molecular weight is 521 g/mol. The highest BCUT2D eigenvalue weighted by atomic mass is 35.5. The van der Waals surface area contributed by atoms with Crippen molar-refractivity contribution in [2.75, 3.05) is 30.8 Å². The zero-order valence-corrected chi connectivity index (χ0v) is 21.3. The van der Waals surface area contributed by atoms with E-state index in [2.05, 4.69) is 24.8 Å². The number of fused-ring (bicyclic) bond motifs is 2. The van der Waals surface area contributed by atoms with E-state index in [1.165, 1.54) is 11.8 Å². The molecule has 184 valence electrons. The number of piperidine rings is 1. The van der Waals surface area contributed by atoms with E-state index in [4.69, 9.17) is 32.8 Å². The summed E-state index contributed by atoms with van der Waals surface area (Å²) in [6.07, 6.45) is 8.05. The molecule has 6 rings (SSSR count). The van der Waals surface area contributed by atoms with Crippen LogP contribution in [0.3, 0.4) is 0 Å². The summed E-state index contributed by atoms with van der Waals surface area (Å²) in [4.78, 5) is 25.8. The molecule has 4 aromatic rings. The molecule has 0 aromatic carbocycles. The van der Waals surface area contributed by atoms with Crippen LogP contribution in [0.25, 0.3) is 11.2 Å². The lowest BCUT2D eigenvalue weighted by molar-refractivity contribution is 0.186. The van der Waals surface area contributed by atoms with Gasteiger partial charge in [0.15, 0.2) is 5.65 Å². The fourth-order valence-electron chi connectivity index (χ4n) is 5.18. The number of aromatic nitrogens is 5. The van der Waals surface area contributed by atoms with Crippen LogP contribution < -0.4 is 21.1 Å². The number of hydrogen-bond donors (Lipinski definition) is 2. The van der Waals surface area contributed by atoms with Crippen LogP contribution in [0, 0.1) is 5.41 Å². The standard InChI is InChI=1S/C25H25ClN8OS/c1-35-14-10-15-17(30-12-14)11-25(22(15)27)5-8-34(9-6-25)19-13-31-24-16(32-19)2-3-20(33-24)36-18-4-7-29-23(28)21(18)26/h2-4,7,10,12-13,22H,5-6,8-9,11,27H2,1H3,(H2,28,29)/t22-/m1/s1. The van der Waals surface area contributed by atoms with Crippen LogP contribution in [-0.4, -0.2) is 45.1 Å². The van der Waals surface area contributed by atoms with Crippen molar-refractivity contribution in [3.8, 4) is 5.75 Å². The number of rotatable bonds is 4. The number of nitrogen functional groups attached to an aromatic ring is 1. The smallest absolute Gasteiger partial charge is 0.179 e. The van der Waals surface area contributed by atoms with E-state index in [9.17, 15) is 0 Å². The molecule has 1 aliphatic heterocycles. The molecule has 0 unspecified atom stereocenters. The predicted octanol–water partition coefficient (Wildman–Crippen LogP) is 4.05. The van der Waals surface area contributed by atoms with E-state index >= 15 is 0 Å². The largest absolute Gasteiger partial charge is 0.495 e. The molecule has 0 bridgehead atoms. The van der Waals surface area contributed by atoms with Crippen LogP contribution in [0.15, 0.2) is 52.8 Å². The Balaban J connectivity index is 1.17. The van der Waals surface area contributed by atoms with Gasteiger partial charge in [-0.3, -0.25) is 4.98 Å². The molecule has 1 spiro atoms. The van der Waals surface area contributed by atoms with Crippen LogP contribution >= 0.6 is 23.4 Å². The highest BCUT2D eigenvalue weighted by Crippen LogP contribution is 2.51. The van der Waals surface area contributed by atoms with E-state index in [1.54, 1.807) is 25.7 Å². The molecular formula is C25H25ClN8OS. The maximum Gasteiger partial charge on any atom is 0.179 e. The minimum atomic E-state index is -0.0377. The van der Waals surface area contributed by atoms with Crippen molar-refractivity contribution in [3.05, 3.63) is 59.1 Å². The molecule has 0 amide bonds. The molecule has 1 atom stereocenters. The summed E-state index contributed by atoms with van der Waals surface area (Å²) in [5, 5.41) is 1.19. The van der Waals surface area contributed by atoms with Crippen molar-refractivity contribution in [2.45, 2.75) is 35.2 Å². The maximum atomic E-state index is 6.75. The van der Waals surface area contributed by atoms with Crippen LogP contribution in [0.5, 0.6) is 5.75 Å². The van der Waals surface area contributed by atoms with E-state index in [1.807, 2.05) is 24.3 Å². The quantitative estimate of drug-likeness (QED) is 0.406. The summed E-state index contributed by atoms with van der Waals surface area (Å²) in [6, 6.07) is 7.67. The summed E-state index contributed by atoms with van der Waals surface area (Å²) in [5.74, 6) is 1.91. The van der Waals surface area contributed by atoms with Gasteiger partial charge in [-0.1, -0.05) is 23.4 Å². The summed E-state index contributed by atoms with van der Waals surface area (Å²) >= 11 is 7.69. The third-order valence-corrected chi connectivity index (χ3v) is 8.78. The molecule has 4 aromatic heterocycles. The first kappa shape index (κ1) is 23.2. The SMILES string of the molecule is COc1cnc2c(c1)[C@@H](N)C1(CCN(c3cnc4nc(Sc5ccnc(N)c5Cl)ccc4n3)CC1)C2. The summed E-state index contributed by atoms with van der Waals surface area (Å²) in [5.41, 5.74) is 16.1. The summed E-state index contributed by atoms with van der Waals surface area (Å²) < 4.78 is 5.36. The number of nitrogens with two attached hydrogens (primary N) is 2. The number of ether oxygens (including phenoxy) is 1. The van der Waals surface area contributed by atoms with Crippen LogP contribution in [0.4, 0.5) is 11.6 Å². The van der Waals surface area contributed by atoms with Crippen molar-refractivity contribution < 1.29 is 4.74 Å². The van der Waals surface area contributed by atoms with Gasteiger partial charge in [-0.2, -0.15) is 0 Å². The molecule has 9 nitrogen and oxygen atoms in total. The van der Waals surface area contributed by atoms with Crippen LogP contribution in [0.1, 0.15) is 30.1 Å². The topological polar surface area (TPSA) is 129 Å². The van der Waals surface area contributed by atoms with Gasteiger partial charge in [0.05, 0.1) is 24.5 Å². The Morgan fingerprint density at radius 3 is 2.75 bits per heavy atom. The number of methoxy groups -OCH3 is 1. The first-order chi connectivity index (χ1) is 17.5. The molecule has 0 saturated carbocycles. The van der Waals surface area contributed by atoms with Gasteiger partial charge < -0.3 is 21.1 Å². The fourth-order valence-corrected chi connectivity index (χ4v) is 6.22. The second-order valence-electron chi connectivity index (χ2n) is 9.25. The number of halogens is 1. The molecule has 36 heavy (non-hydrogen) atoms. The van der Waals surface area contributed by atoms with Gasteiger partial charge >= 0.3 is 0 Å². The highest BCUT2D eigenvalue weighted by molar-refractivity contribution is 7.99. The minimum Gasteiger partial charge on any atom is -0.495 e. The minimum absolute atomic E-state index is 0.0216. The third-order valence-electron chi connectivity index (χ3n) is 7.27. The van der Waals surface area contributed by atoms with Crippen LogP contribution in [-0.2, 0) is 6.42 Å². The van der Waals surface area contributed by atoms with E-state index in [-0.39, 0.29) is 11.5 Å². The Bertz CT molecular complexity index is 1460. The van der Waals surface area contributed by atoms with Gasteiger partial charge in [-0.25, -0.2) is 19.9 Å². The number of hydrogen-bond acceptors (Lipinski definition) is 10. The van der Waals surface area contributed by atoms with Crippen molar-refractivity contribution in [1.29, 1.82) is 0 Å². The summed E-state index contributed by atoms with van der Waals surface area (Å²) in [7, 11) is 1.66. The molecule has 2 aliphatic rings. The second kappa shape index (κ2) is 9.02. The number of pyridine rings is 3. The first-order valence-electron chi connectivity index (χ1n) is 11.7. The van der Waals surface area contributed by atoms with Gasteiger partial charge in [-0.05, 0) is 54.5 Å². The van der Waals surface area contributed by atoms with Crippen molar-refractivity contribution in [3.63, 3.8) is 0 Å². The number of anilines is 2. The van der Waals surface area contributed by atoms with Gasteiger partial charge in [0.25, 0.3) is 0 Å². The maximum absolute atomic E-state index is 6.75. The Labute approximate surface area is 217 Å². The Kier molecular flexibility index (Phi) is 5.82. The van der Waals surface area contributed by atoms with Crippen molar-refractivity contribution in [1.82, 2.24) is 24.9 Å². The zero-order valence-electron chi connectivity index (χ0n) is 19.7. The Hall–Kier alpha value is -3.21. The first-order valence-corrected chi connectivity index (χ1v) is 12.9. The van der Waals surface area contributed by atoms with Crippen molar-refractivity contribution >= 4 is 46.2 Å². The lowest BCUT2D eigenvalue weighted by Gasteiger charge is -2.42. The summed E-state index contributed by atoms with van der Waals surface area (Å²) in [6.45, 7) is 1.73. The van der Waals surface area contributed by atoms with E-state index in [0.29, 0.717) is 16.5 Å². The monoisotopic (exact) mass is 520 g/mol. The van der Waals surface area contributed by atoms with Crippen LogP contribution in [0.2, 0.25) is 5.02 Å². The molecular weight excluding hydrogens is 496 g/mol. The normalized spacial score (nSPS) is 18.5. The lowest BCUT2D eigenvalue weighted by Crippen LogP contribution is -2.44. The zero-order chi connectivity index (χ0) is 24.9.